The maximum Gasteiger partial charge on any atom is 0.321 e. The van der Waals surface area contributed by atoms with Crippen LogP contribution in [0.15, 0.2) is 47.0 Å². The van der Waals surface area contributed by atoms with E-state index < -0.39 is 6.23 Å². The van der Waals surface area contributed by atoms with Crippen LogP contribution in [0, 0.1) is 5.92 Å². The number of carbonyl (C=O) groups excluding carboxylic acids is 1. The number of H-pyrrole nitrogens is 1. The molecular weight excluding hydrogens is 424 g/mol. The number of fused-ring (bicyclic) bond motifs is 2. The first-order valence-electron chi connectivity index (χ1n) is 10.2. The minimum atomic E-state index is -1.15. The number of aliphatic hydroxyl groups excluding tert-OH is 1. The Morgan fingerprint density at radius 2 is 2.21 bits per heavy atom. The second kappa shape index (κ2) is 8.07. The standard InChI is InChI=1S/C21H22N10O2/c1-31(2)21(33)26-12-5-10(7-23-9-12)11-6-14-16(29-30-18(14)25-8-11)20-27-15-13(17(22)32)3-4-24-19(15)28-20/h3-5,7-9,14,17,32H,6,22H2,1-2H3,(H,25,30)(H,26,33)(H,24,27,28)/t14-,17?/m0/s1. The van der Waals surface area contributed by atoms with Crippen LogP contribution in [0.5, 0.6) is 0 Å². The number of allylic oxidation sites excluding steroid dienone is 1. The number of rotatable bonds is 4. The monoisotopic (exact) mass is 446 g/mol. The maximum atomic E-state index is 12.0. The molecule has 2 aliphatic rings. The van der Waals surface area contributed by atoms with Gasteiger partial charge in [-0.15, -0.1) is 0 Å². The number of imidazole rings is 1. The van der Waals surface area contributed by atoms with E-state index in [-0.39, 0.29) is 11.9 Å². The predicted octanol–water partition coefficient (Wildman–Crippen LogP) is 1.16. The SMILES string of the molecule is CN(C)C(=O)Nc1cncc(C2=CN=C3NN=C(c4nc5nccc(C(N)O)c5[nH]4)[C@@H]3C2)c1. The van der Waals surface area contributed by atoms with Crippen LogP contribution in [0.25, 0.3) is 16.7 Å². The van der Waals surface area contributed by atoms with E-state index in [0.717, 1.165) is 11.1 Å². The molecule has 0 aliphatic carbocycles. The average molecular weight is 446 g/mol. The lowest BCUT2D eigenvalue weighted by atomic mass is 9.89. The molecule has 0 spiro atoms. The number of pyridine rings is 2. The Morgan fingerprint density at radius 3 is 3.00 bits per heavy atom. The highest BCUT2D eigenvalue weighted by atomic mass is 16.3. The van der Waals surface area contributed by atoms with Crippen molar-refractivity contribution >= 4 is 40.0 Å². The summed E-state index contributed by atoms with van der Waals surface area (Å²) in [5.41, 5.74) is 13.2. The van der Waals surface area contributed by atoms with E-state index in [0.29, 0.717) is 46.2 Å². The molecule has 5 rings (SSSR count). The zero-order chi connectivity index (χ0) is 23.1. The van der Waals surface area contributed by atoms with Gasteiger partial charge < -0.3 is 26.0 Å². The summed E-state index contributed by atoms with van der Waals surface area (Å²) >= 11 is 0. The zero-order valence-corrected chi connectivity index (χ0v) is 17.9. The third-order valence-electron chi connectivity index (χ3n) is 5.49. The molecule has 5 heterocycles. The fourth-order valence-electron chi connectivity index (χ4n) is 3.76. The number of aliphatic hydroxyl groups is 1. The molecule has 0 fully saturated rings. The van der Waals surface area contributed by atoms with Crippen LogP contribution in [-0.4, -0.2) is 61.6 Å². The van der Waals surface area contributed by atoms with Gasteiger partial charge in [-0.3, -0.25) is 10.4 Å². The van der Waals surface area contributed by atoms with Gasteiger partial charge in [0.25, 0.3) is 0 Å². The lowest BCUT2D eigenvalue weighted by molar-refractivity contribution is 0.187. The van der Waals surface area contributed by atoms with E-state index in [1.807, 2.05) is 6.07 Å². The highest BCUT2D eigenvalue weighted by Crippen LogP contribution is 2.32. The number of aliphatic imine (C=N–C) groups is 1. The van der Waals surface area contributed by atoms with Crippen LogP contribution in [0.2, 0.25) is 0 Å². The number of nitrogens with two attached hydrogens (primary N) is 1. The van der Waals surface area contributed by atoms with Crippen molar-refractivity contribution in [1.29, 1.82) is 0 Å². The Bertz CT molecular complexity index is 1340. The van der Waals surface area contributed by atoms with E-state index in [1.165, 1.54) is 4.90 Å². The van der Waals surface area contributed by atoms with E-state index in [2.05, 4.69) is 40.8 Å². The van der Waals surface area contributed by atoms with Gasteiger partial charge in [0.15, 0.2) is 11.5 Å². The molecule has 33 heavy (non-hydrogen) atoms. The fourth-order valence-corrected chi connectivity index (χ4v) is 3.76. The molecule has 0 saturated heterocycles. The van der Waals surface area contributed by atoms with Gasteiger partial charge in [0.2, 0.25) is 0 Å². The quantitative estimate of drug-likeness (QED) is 0.374. The van der Waals surface area contributed by atoms with Crippen LogP contribution >= 0.6 is 0 Å². The van der Waals surface area contributed by atoms with Crippen LogP contribution in [0.4, 0.5) is 10.5 Å². The Balaban J connectivity index is 1.42. The lowest BCUT2D eigenvalue weighted by Crippen LogP contribution is -2.27. The molecule has 2 atom stereocenters. The van der Waals surface area contributed by atoms with E-state index in [4.69, 9.17) is 5.73 Å². The summed E-state index contributed by atoms with van der Waals surface area (Å²) in [7, 11) is 3.34. The van der Waals surface area contributed by atoms with Crippen molar-refractivity contribution in [1.82, 2.24) is 30.3 Å². The van der Waals surface area contributed by atoms with E-state index in [9.17, 15) is 9.90 Å². The molecule has 168 valence electrons. The fraction of sp³-hybridized carbons (Fsp3) is 0.238. The number of amides is 2. The second-order valence-corrected chi connectivity index (χ2v) is 7.95. The number of urea groups is 1. The topological polar surface area (TPSA) is 170 Å². The first kappa shape index (κ1) is 20.7. The van der Waals surface area contributed by atoms with Crippen molar-refractivity contribution in [2.24, 2.45) is 21.7 Å². The molecule has 12 heteroatoms. The van der Waals surface area contributed by atoms with Crippen LogP contribution in [0.3, 0.4) is 0 Å². The van der Waals surface area contributed by atoms with Gasteiger partial charge in [0.05, 0.1) is 23.3 Å². The van der Waals surface area contributed by atoms with Gasteiger partial charge in [0.1, 0.15) is 17.8 Å². The molecule has 12 nitrogen and oxygen atoms in total. The summed E-state index contributed by atoms with van der Waals surface area (Å²) in [6.45, 7) is 0. The number of anilines is 1. The first-order chi connectivity index (χ1) is 15.9. The second-order valence-electron chi connectivity index (χ2n) is 7.95. The minimum Gasteiger partial charge on any atom is -0.374 e. The van der Waals surface area contributed by atoms with Crippen molar-refractivity contribution < 1.29 is 9.90 Å². The highest BCUT2D eigenvalue weighted by molar-refractivity contribution is 6.18. The molecule has 1 unspecified atom stereocenters. The summed E-state index contributed by atoms with van der Waals surface area (Å²) in [6.07, 6.45) is 6.11. The molecule has 0 saturated carbocycles. The van der Waals surface area contributed by atoms with Gasteiger partial charge in [0, 0.05) is 38.3 Å². The number of amidine groups is 1. The summed E-state index contributed by atoms with van der Waals surface area (Å²) in [5, 5.41) is 17.1. The van der Waals surface area contributed by atoms with Crippen molar-refractivity contribution in [2.75, 3.05) is 19.4 Å². The summed E-state index contributed by atoms with van der Waals surface area (Å²) in [6, 6.07) is 3.27. The van der Waals surface area contributed by atoms with Gasteiger partial charge in [-0.25, -0.2) is 19.8 Å². The third-order valence-corrected chi connectivity index (χ3v) is 5.49. The number of hydrazone groups is 1. The van der Waals surface area contributed by atoms with Gasteiger partial charge in [-0.1, -0.05) is 0 Å². The number of carbonyl (C=O) groups is 1. The summed E-state index contributed by atoms with van der Waals surface area (Å²) < 4.78 is 0. The van der Waals surface area contributed by atoms with Crippen LogP contribution in [-0.2, 0) is 0 Å². The molecule has 3 aromatic heterocycles. The minimum absolute atomic E-state index is 0.156. The molecule has 2 amide bonds. The molecule has 0 aromatic carbocycles. The molecule has 0 bridgehead atoms. The Morgan fingerprint density at radius 1 is 1.36 bits per heavy atom. The first-order valence-corrected chi connectivity index (χ1v) is 10.2. The van der Waals surface area contributed by atoms with E-state index in [1.54, 1.807) is 45.0 Å². The predicted molar refractivity (Wildman–Crippen MR) is 123 cm³/mol. The molecule has 3 aromatic rings. The van der Waals surface area contributed by atoms with Crippen molar-refractivity contribution in [3.05, 3.63) is 53.9 Å². The van der Waals surface area contributed by atoms with Crippen molar-refractivity contribution in [2.45, 2.75) is 12.6 Å². The van der Waals surface area contributed by atoms with Crippen molar-refractivity contribution in [3.63, 3.8) is 0 Å². The van der Waals surface area contributed by atoms with Gasteiger partial charge >= 0.3 is 6.03 Å². The number of aromatic amines is 1. The number of nitrogens with zero attached hydrogens (tertiary/aromatic N) is 6. The number of aromatic nitrogens is 4. The van der Waals surface area contributed by atoms with Gasteiger partial charge in [-0.2, -0.15) is 5.10 Å². The average Bonchev–Trinajstić information content (AvgIpc) is 3.42. The summed E-state index contributed by atoms with van der Waals surface area (Å²) in [5.74, 6) is 1.09. The zero-order valence-electron chi connectivity index (χ0n) is 17.9. The molecular formula is C21H22N10O2. The maximum absolute atomic E-state index is 12.0. The molecule has 6 N–H and O–H groups in total. The lowest BCUT2D eigenvalue weighted by Gasteiger charge is -2.19. The smallest absolute Gasteiger partial charge is 0.321 e. The Hall–Kier alpha value is -4.16. The largest absolute Gasteiger partial charge is 0.374 e. The van der Waals surface area contributed by atoms with Crippen LogP contribution < -0.4 is 16.5 Å². The number of hydrogen-bond donors (Lipinski definition) is 5. The number of hydrogen-bond acceptors (Lipinski definition) is 9. The molecule has 2 aliphatic heterocycles. The summed E-state index contributed by atoms with van der Waals surface area (Å²) in [4.78, 5) is 34.2. The van der Waals surface area contributed by atoms with Gasteiger partial charge in [-0.05, 0) is 29.7 Å². The number of nitrogens with one attached hydrogen (secondary N) is 3. The van der Waals surface area contributed by atoms with Crippen LogP contribution in [0.1, 0.15) is 29.6 Å². The third kappa shape index (κ3) is 3.81. The van der Waals surface area contributed by atoms with Crippen molar-refractivity contribution in [3.8, 4) is 0 Å². The Labute approximate surface area is 188 Å². The highest BCUT2D eigenvalue weighted by Gasteiger charge is 2.34. The normalized spacial score (nSPS) is 18.1. The Kier molecular flexibility index (Phi) is 5.07. The van der Waals surface area contributed by atoms with E-state index >= 15 is 0 Å². The molecule has 0 radical (unpaired) electrons.